The van der Waals surface area contributed by atoms with Crippen molar-refractivity contribution in [1.82, 2.24) is 0 Å². The SMILES string of the molecule is Cc1cccc(NC(=O)COc2cc(Cl)ccc2N)c1. The fourth-order valence-electron chi connectivity index (χ4n) is 1.70. The van der Waals surface area contributed by atoms with Crippen LogP contribution in [-0.2, 0) is 4.79 Å². The molecule has 104 valence electrons. The summed E-state index contributed by atoms with van der Waals surface area (Å²) in [5, 5.41) is 3.26. The number of ether oxygens (including phenoxy) is 1. The Hall–Kier alpha value is -2.20. The van der Waals surface area contributed by atoms with Crippen LogP contribution in [-0.4, -0.2) is 12.5 Å². The summed E-state index contributed by atoms with van der Waals surface area (Å²) in [5.41, 5.74) is 7.98. The number of nitrogen functional groups attached to an aromatic ring is 1. The molecule has 0 unspecified atom stereocenters. The Morgan fingerprint density at radius 1 is 1.30 bits per heavy atom. The van der Waals surface area contributed by atoms with E-state index in [1.54, 1.807) is 18.2 Å². The summed E-state index contributed by atoms with van der Waals surface area (Å²) >= 11 is 5.84. The minimum atomic E-state index is -0.255. The van der Waals surface area contributed by atoms with Crippen LogP contribution in [0.3, 0.4) is 0 Å². The van der Waals surface area contributed by atoms with Gasteiger partial charge >= 0.3 is 0 Å². The van der Waals surface area contributed by atoms with Gasteiger partial charge < -0.3 is 15.8 Å². The molecule has 0 radical (unpaired) electrons. The molecule has 0 aromatic heterocycles. The van der Waals surface area contributed by atoms with Crippen molar-refractivity contribution in [3.8, 4) is 5.75 Å². The Kier molecular flexibility index (Phi) is 4.48. The summed E-state index contributed by atoms with van der Waals surface area (Å²) in [6.45, 7) is 1.83. The fourth-order valence-corrected chi connectivity index (χ4v) is 1.86. The summed E-state index contributed by atoms with van der Waals surface area (Å²) in [7, 11) is 0. The van der Waals surface area contributed by atoms with Crippen LogP contribution in [0.5, 0.6) is 5.75 Å². The van der Waals surface area contributed by atoms with Gasteiger partial charge in [0.25, 0.3) is 5.91 Å². The normalized spacial score (nSPS) is 10.1. The molecule has 0 aliphatic heterocycles. The van der Waals surface area contributed by atoms with E-state index >= 15 is 0 Å². The molecule has 2 rings (SSSR count). The number of anilines is 2. The van der Waals surface area contributed by atoms with E-state index in [9.17, 15) is 4.79 Å². The van der Waals surface area contributed by atoms with E-state index in [0.717, 1.165) is 11.3 Å². The highest BCUT2D eigenvalue weighted by Gasteiger charge is 2.06. The zero-order valence-corrected chi connectivity index (χ0v) is 11.8. The quantitative estimate of drug-likeness (QED) is 0.850. The first-order valence-corrected chi connectivity index (χ1v) is 6.47. The lowest BCUT2D eigenvalue weighted by molar-refractivity contribution is -0.118. The number of aryl methyl sites for hydroxylation is 1. The van der Waals surface area contributed by atoms with E-state index in [1.807, 2.05) is 31.2 Å². The standard InChI is InChI=1S/C15H15ClN2O2/c1-10-3-2-4-12(7-10)18-15(19)9-20-14-8-11(16)5-6-13(14)17/h2-8H,9,17H2,1H3,(H,18,19). The van der Waals surface area contributed by atoms with Gasteiger partial charge in [0.15, 0.2) is 6.61 Å². The predicted octanol–water partition coefficient (Wildman–Crippen LogP) is 3.25. The minimum Gasteiger partial charge on any atom is -0.482 e. The van der Waals surface area contributed by atoms with Crippen molar-refractivity contribution in [2.24, 2.45) is 0 Å². The molecule has 0 aliphatic carbocycles. The van der Waals surface area contributed by atoms with Gasteiger partial charge in [-0.05, 0) is 36.8 Å². The van der Waals surface area contributed by atoms with E-state index in [2.05, 4.69) is 5.32 Å². The lowest BCUT2D eigenvalue weighted by Gasteiger charge is -2.10. The molecule has 1 amide bonds. The molecule has 0 saturated carbocycles. The van der Waals surface area contributed by atoms with E-state index in [4.69, 9.17) is 22.1 Å². The third kappa shape index (κ3) is 3.90. The largest absolute Gasteiger partial charge is 0.482 e. The molecule has 3 N–H and O–H groups in total. The number of benzene rings is 2. The number of nitrogens with two attached hydrogens (primary N) is 1. The van der Waals surface area contributed by atoms with E-state index in [1.165, 1.54) is 0 Å². The van der Waals surface area contributed by atoms with Crippen molar-refractivity contribution < 1.29 is 9.53 Å². The Morgan fingerprint density at radius 3 is 2.85 bits per heavy atom. The minimum absolute atomic E-state index is 0.127. The second-order valence-corrected chi connectivity index (χ2v) is 4.82. The third-order valence-corrected chi connectivity index (χ3v) is 2.87. The average molecular weight is 291 g/mol. The molecule has 0 fully saturated rings. The molecule has 0 atom stereocenters. The second-order valence-electron chi connectivity index (χ2n) is 4.39. The molecule has 2 aromatic carbocycles. The number of amides is 1. The number of carbonyl (C=O) groups excluding carboxylic acids is 1. The Morgan fingerprint density at radius 2 is 2.10 bits per heavy atom. The number of carbonyl (C=O) groups is 1. The topological polar surface area (TPSA) is 64.3 Å². The van der Waals surface area contributed by atoms with Crippen LogP contribution >= 0.6 is 11.6 Å². The van der Waals surface area contributed by atoms with Gasteiger partial charge in [0.1, 0.15) is 5.75 Å². The summed E-state index contributed by atoms with van der Waals surface area (Å²) in [4.78, 5) is 11.8. The maximum Gasteiger partial charge on any atom is 0.262 e. The molecule has 0 heterocycles. The molecule has 0 spiro atoms. The zero-order valence-electron chi connectivity index (χ0n) is 11.0. The molecule has 0 bridgehead atoms. The Labute approximate surface area is 122 Å². The average Bonchev–Trinajstić information content (AvgIpc) is 2.40. The van der Waals surface area contributed by atoms with Crippen molar-refractivity contribution in [3.63, 3.8) is 0 Å². The maximum absolute atomic E-state index is 11.8. The molecule has 0 saturated heterocycles. The number of hydrogen-bond acceptors (Lipinski definition) is 3. The lowest BCUT2D eigenvalue weighted by Crippen LogP contribution is -2.20. The van der Waals surface area contributed by atoms with Crippen LogP contribution in [0.4, 0.5) is 11.4 Å². The number of halogens is 1. The van der Waals surface area contributed by atoms with Crippen LogP contribution in [0.25, 0.3) is 0 Å². The summed E-state index contributed by atoms with van der Waals surface area (Å²) in [6.07, 6.45) is 0. The number of rotatable bonds is 4. The number of nitrogens with one attached hydrogen (secondary N) is 1. The highest BCUT2D eigenvalue weighted by atomic mass is 35.5. The highest BCUT2D eigenvalue weighted by molar-refractivity contribution is 6.30. The van der Waals surface area contributed by atoms with E-state index in [0.29, 0.717) is 16.5 Å². The van der Waals surface area contributed by atoms with Gasteiger partial charge in [-0.1, -0.05) is 23.7 Å². The molecular weight excluding hydrogens is 276 g/mol. The van der Waals surface area contributed by atoms with Crippen molar-refractivity contribution >= 4 is 28.9 Å². The Bertz CT molecular complexity index is 629. The van der Waals surface area contributed by atoms with Crippen LogP contribution in [0.15, 0.2) is 42.5 Å². The molecule has 4 nitrogen and oxygen atoms in total. The van der Waals surface area contributed by atoms with Gasteiger partial charge in [-0.25, -0.2) is 0 Å². The van der Waals surface area contributed by atoms with Gasteiger partial charge in [0.2, 0.25) is 0 Å². The lowest BCUT2D eigenvalue weighted by atomic mass is 10.2. The maximum atomic E-state index is 11.8. The molecule has 0 aliphatic rings. The van der Waals surface area contributed by atoms with E-state index < -0.39 is 0 Å². The van der Waals surface area contributed by atoms with E-state index in [-0.39, 0.29) is 12.5 Å². The van der Waals surface area contributed by atoms with Crippen LogP contribution < -0.4 is 15.8 Å². The first-order chi connectivity index (χ1) is 9.54. The van der Waals surface area contributed by atoms with Crippen LogP contribution in [0.2, 0.25) is 5.02 Å². The van der Waals surface area contributed by atoms with Gasteiger partial charge in [0, 0.05) is 16.8 Å². The van der Waals surface area contributed by atoms with Crippen molar-refractivity contribution in [2.75, 3.05) is 17.7 Å². The summed E-state index contributed by atoms with van der Waals surface area (Å²) in [6, 6.07) is 12.4. The molecule has 20 heavy (non-hydrogen) atoms. The highest BCUT2D eigenvalue weighted by Crippen LogP contribution is 2.25. The molecule has 2 aromatic rings. The van der Waals surface area contributed by atoms with Crippen molar-refractivity contribution in [3.05, 3.63) is 53.1 Å². The molecular formula is C15H15ClN2O2. The fraction of sp³-hybridized carbons (Fsp3) is 0.133. The van der Waals surface area contributed by atoms with Crippen LogP contribution in [0.1, 0.15) is 5.56 Å². The molecule has 5 heteroatoms. The summed E-state index contributed by atoms with van der Waals surface area (Å²) in [5.74, 6) is 0.145. The van der Waals surface area contributed by atoms with Gasteiger partial charge in [-0.3, -0.25) is 4.79 Å². The predicted molar refractivity (Wildman–Crippen MR) is 81.2 cm³/mol. The van der Waals surface area contributed by atoms with Crippen LogP contribution in [0, 0.1) is 6.92 Å². The monoisotopic (exact) mass is 290 g/mol. The summed E-state index contributed by atoms with van der Waals surface area (Å²) < 4.78 is 5.36. The smallest absolute Gasteiger partial charge is 0.262 e. The second kappa shape index (κ2) is 6.30. The first-order valence-electron chi connectivity index (χ1n) is 6.09. The number of hydrogen-bond donors (Lipinski definition) is 2. The zero-order chi connectivity index (χ0) is 14.5. The van der Waals surface area contributed by atoms with Crippen molar-refractivity contribution in [2.45, 2.75) is 6.92 Å². The van der Waals surface area contributed by atoms with Crippen molar-refractivity contribution in [1.29, 1.82) is 0 Å². The van der Waals surface area contributed by atoms with Gasteiger partial charge in [-0.15, -0.1) is 0 Å². The van der Waals surface area contributed by atoms with Gasteiger partial charge in [-0.2, -0.15) is 0 Å². The Balaban J connectivity index is 1.94. The third-order valence-electron chi connectivity index (χ3n) is 2.64. The first kappa shape index (κ1) is 14.2. The van der Waals surface area contributed by atoms with Gasteiger partial charge in [0.05, 0.1) is 5.69 Å².